The van der Waals surface area contributed by atoms with Gasteiger partial charge in [-0.05, 0) is 23.6 Å². The number of aliphatic hydroxyl groups excluding tert-OH is 2. The van der Waals surface area contributed by atoms with E-state index in [4.69, 9.17) is 4.74 Å². The Morgan fingerprint density at radius 1 is 1.25 bits per heavy atom. The van der Waals surface area contributed by atoms with E-state index in [2.05, 4.69) is 16.8 Å². The molecule has 0 unspecified atom stereocenters. The fourth-order valence-electron chi connectivity index (χ4n) is 2.92. The Kier molecular flexibility index (Phi) is 5.30. The number of nitrogens with one attached hydrogen (secondary N) is 1. The van der Waals surface area contributed by atoms with E-state index in [-0.39, 0.29) is 18.6 Å². The molecule has 0 aromatic carbocycles. The normalized spacial score (nSPS) is 21.4. The zero-order valence-corrected chi connectivity index (χ0v) is 16.1. The second kappa shape index (κ2) is 7.87. The van der Waals surface area contributed by atoms with Gasteiger partial charge in [0.15, 0.2) is 0 Å². The van der Waals surface area contributed by atoms with Gasteiger partial charge in [-0.2, -0.15) is 0 Å². The first-order valence-electron chi connectivity index (χ1n) is 8.50. The van der Waals surface area contributed by atoms with Gasteiger partial charge in [0.1, 0.15) is 17.9 Å². The maximum atomic E-state index is 12.1. The van der Waals surface area contributed by atoms with Gasteiger partial charge in [-0.3, -0.25) is 14.3 Å². The third-order valence-corrected chi connectivity index (χ3v) is 6.42. The molecule has 1 fully saturated rings. The second-order valence-electron chi connectivity index (χ2n) is 6.22. The van der Waals surface area contributed by atoms with Crippen LogP contribution in [0.25, 0.3) is 9.75 Å². The molecule has 1 saturated heterocycles. The van der Waals surface area contributed by atoms with Crippen molar-refractivity contribution in [3.63, 3.8) is 0 Å². The molecule has 3 N–H and O–H groups in total. The minimum absolute atomic E-state index is 0.121. The summed E-state index contributed by atoms with van der Waals surface area (Å²) in [7, 11) is 0. The van der Waals surface area contributed by atoms with Crippen molar-refractivity contribution in [2.45, 2.75) is 24.9 Å². The van der Waals surface area contributed by atoms with Crippen LogP contribution < -0.4 is 11.2 Å². The summed E-state index contributed by atoms with van der Waals surface area (Å²) >= 11 is 3.17. The lowest BCUT2D eigenvalue weighted by molar-refractivity contribution is -0.0459. The summed E-state index contributed by atoms with van der Waals surface area (Å²) in [5.74, 6) is 5.77. The van der Waals surface area contributed by atoms with Crippen molar-refractivity contribution in [3.05, 3.63) is 67.1 Å². The molecule has 0 saturated carbocycles. The quantitative estimate of drug-likeness (QED) is 0.560. The molecule has 3 atom stereocenters. The number of nitrogens with zero attached hydrogens (tertiary/aromatic N) is 1. The fraction of sp³-hybridized carbons (Fsp3) is 0.263. The van der Waals surface area contributed by atoms with E-state index in [1.807, 2.05) is 29.6 Å². The number of hydrogen-bond donors (Lipinski definition) is 3. The molecule has 0 spiro atoms. The lowest BCUT2D eigenvalue weighted by Crippen LogP contribution is -2.33. The predicted octanol–water partition coefficient (Wildman–Crippen LogP) is 1.37. The molecule has 28 heavy (non-hydrogen) atoms. The number of rotatable bonds is 3. The van der Waals surface area contributed by atoms with E-state index in [0.29, 0.717) is 0 Å². The van der Waals surface area contributed by atoms with Crippen molar-refractivity contribution in [1.29, 1.82) is 0 Å². The second-order valence-corrected chi connectivity index (χ2v) is 8.25. The highest BCUT2D eigenvalue weighted by Gasteiger charge is 2.35. The van der Waals surface area contributed by atoms with E-state index in [0.717, 1.165) is 14.6 Å². The third kappa shape index (κ3) is 3.73. The summed E-state index contributed by atoms with van der Waals surface area (Å²) in [5, 5.41) is 21.1. The fourth-order valence-corrected chi connectivity index (χ4v) is 4.62. The minimum Gasteiger partial charge on any atom is -0.394 e. The van der Waals surface area contributed by atoms with Crippen LogP contribution in [0.2, 0.25) is 0 Å². The van der Waals surface area contributed by atoms with Crippen LogP contribution in [-0.4, -0.2) is 38.6 Å². The van der Waals surface area contributed by atoms with Crippen molar-refractivity contribution in [1.82, 2.24) is 9.55 Å². The van der Waals surface area contributed by atoms with E-state index in [1.54, 1.807) is 11.3 Å². The predicted molar refractivity (Wildman–Crippen MR) is 107 cm³/mol. The van der Waals surface area contributed by atoms with E-state index in [9.17, 15) is 19.8 Å². The first-order chi connectivity index (χ1) is 13.5. The average molecular weight is 416 g/mol. The molecular weight excluding hydrogens is 400 g/mol. The van der Waals surface area contributed by atoms with E-state index < -0.39 is 29.7 Å². The topological polar surface area (TPSA) is 105 Å². The monoisotopic (exact) mass is 416 g/mol. The van der Waals surface area contributed by atoms with Gasteiger partial charge in [-0.1, -0.05) is 17.9 Å². The smallest absolute Gasteiger partial charge is 0.330 e. The molecule has 1 aliphatic rings. The molecule has 9 heteroatoms. The van der Waals surface area contributed by atoms with Crippen LogP contribution in [0.1, 0.15) is 23.1 Å². The van der Waals surface area contributed by atoms with Gasteiger partial charge < -0.3 is 14.9 Å². The summed E-state index contributed by atoms with van der Waals surface area (Å²) in [6.45, 7) is -0.354. The lowest BCUT2D eigenvalue weighted by Gasteiger charge is -2.14. The highest BCUT2D eigenvalue weighted by atomic mass is 32.1. The zero-order chi connectivity index (χ0) is 19.7. The van der Waals surface area contributed by atoms with Crippen LogP contribution in [-0.2, 0) is 4.74 Å². The van der Waals surface area contributed by atoms with Crippen LogP contribution >= 0.6 is 22.7 Å². The largest absolute Gasteiger partial charge is 0.394 e. The number of thiophene rings is 2. The molecular formula is C19H16N2O5S2. The number of aromatic nitrogens is 2. The number of hydrogen-bond acceptors (Lipinski definition) is 7. The van der Waals surface area contributed by atoms with Gasteiger partial charge in [0, 0.05) is 22.4 Å². The van der Waals surface area contributed by atoms with Gasteiger partial charge in [0.05, 0.1) is 17.6 Å². The van der Waals surface area contributed by atoms with Gasteiger partial charge in [-0.15, -0.1) is 22.7 Å². The molecule has 7 nitrogen and oxygen atoms in total. The van der Waals surface area contributed by atoms with Gasteiger partial charge >= 0.3 is 5.69 Å². The molecule has 0 radical (unpaired) electrons. The summed E-state index contributed by atoms with van der Waals surface area (Å²) in [6, 6.07) is 7.88. The molecule has 3 aromatic rings. The minimum atomic E-state index is -0.884. The van der Waals surface area contributed by atoms with Crippen LogP contribution in [0, 0.1) is 11.8 Å². The average Bonchev–Trinajstić information content (AvgIpc) is 3.41. The Morgan fingerprint density at radius 2 is 2.11 bits per heavy atom. The van der Waals surface area contributed by atoms with Crippen LogP contribution in [0.4, 0.5) is 0 Å². The summed E-state index contributed by atoms with van der Waals surface area (Å²) in [5.41, 5.74) is -1.11. The SMILES string of the molecule is O=c1[nH]c(=O)n([C@H]2C[C@H](O)[C@@H](CO)O2)cc1C#Cc1ccc(-c2cccs2)s1. The summed E-state index contributed by atoms with van der Waals surface area (Å²) in [4.78, 5) is 29.5. The highest BCUT2D eigenvalue weighted by Crippen LogP contribution is 2.31. The van der Waals surface area contributed by atoms with Crippen molar-refractivity contribution < 1.29 is 14.9 Å². The Bertz CT molecular complexity index is 1150. The molecule has 3 aromatic heterocycles. The van der Waals surface area contributed by atoms with Crippen molar-refractivity contribution in [2.75, 3.05) is 6.61 Å². The molecule has 0 bridgehead atoms. The lowest BCUT2D eigenvalue weighted by atomic mass is 10.2. The third-order valence-electron chi connectivity index (χ3n) is 4.35. The van der Waals surface area contributed by atoms with Gasteiger partial charge in [-0.25, -0.2) is 4.79 Å². The van der Waals surface area contributed by atoms with Crippen molar-refractivity contribution in [2.24, 2.45) is 0 Å². The standard InChI is InChI=1S/C19H16N2O5S2/c22-10-14-13(23)8-17(26-14)21-9-11(18(24)20-19(21)25)3-4-12-5-6-16(28-12)15-2-1-7-27-15/h1-2,5-7,9,13-14,17,22-23H,8,10H2,(H,20,24,25)/t13-,14+,17+/m0/s1. The number of aromatic amines is 1. The van der Waals surface area contributed by atoms with E-state index >= 15 is 0 Å². The van der Waals surface area contributed by atoms with Gasteiger partial charge in [0.25, 0.3) is 5.56 Å². The van der Waals surface area contributed by atoms with Crippen molar-refractivity contribution >= 4 is 22.7 Å². The summed E-state index contributed by atoms with van der Waals surface area (Å²) in [6.07, 6.45) is -0.951. The first kappa shape index (κ1) is 18.9. The Balaban J connectivity index is 1.62. The first-order valence-corrected chi connectivity index (χ1v) is 10.2. The van der Waals surface area contributed by atoms with E-state index in [1.165, 1.54) is 22.1 Å². The number of aliphatic hydroxyl groups is 2. The molecule has 144 valence electrons. The van der Waals surface area contributed by atoms with Gasteiger partial charge in [0.2, 0.25) is 0 Å². The molecule has 0 amide bonds. The number of ether oxygens (including phenoxy) is 1. The zero-order valence-electron chi connectivity index (χ0n) is 14.5. The van der Waals surface area contributed by atoms with Crippen LogP contribution in [0.3, 0.4) is 0 Å². The maximum absolute atomic E-state index is 12.1. The van der Waals surface area contributed by atoms with Crippen molar-refractivity contribution in [3.8, 4) is 21.6 Å². The molecule has 1 aliphatic heterocycles. The number of H-pyrrole nitrogens is 1. The van der Waals surface area contributed by atoms with Crippen LogP contribution in [0.5, 0.6) is 0 Å². The Labute approximate surface area is 167 Å². The Morgan fingerprint density at radius 3 is 2.82 bits per heavy atom. The highest BCUT2D eigenvalue weighted by molar-refractivity contribution is 7.21. The van der Waals surface area contributed by atoms with Crippen LogP contribution in [0.15, 0.2) is 45.4 Å². The molecule has 0 aliphatic carbocycles. The Hall–Kier alpha value is -2.48. The molecule has 4 rings (SSSR count). The maximum Gasteiger partial charge on any atom is 0.330 e. The molecule has 4 heterocycles. The summed E-state index contributed by atoms with van der Waals surface area (Å²) < 4.78 is 6.68.